The van der Waals surface area contributed by atoms with Crippen LogP contribution in [0.15, 0.2) is 16.7 Å². The third kappa shape index (κ3) is 3.67. The number of carbonyl (C=O) groups excluding carboxylic acids is 1. The maximum Gasteiger partial charge on any atom is 0.254 e. The minimum absolute atomic E-state index is 0.202. The molecule has 98 valence electrons. The number of aromatic nitrogens is 1. The molecule has 0 aliphatic carbocycles. The largest absolute Gasteiger partial charge is 0.378 e. The van der Waals surface area contributed by atoms with Crippen LogP contribution in [-0.2, 0) is 4.74 Å². The van der Waals surface area contributed by atoms with Crippen LogP contribution in [0.1, 0.15) is 29.6 Å². The molecule has 6 heteroatoms. The number of hydrogen-bond donors (Lipinski definition) is 1. The number of nitrogens with zero attached hydrogens (tertiary/aromatic N) is 1. The monoisotopic (exact) mass is 332 g/mol. The van der Waals surface area contributed by atoms with Gasteiger partial charge in [0.1, 0.15) is 5.15 Å². The van der Waals surface area contributed by atoms with E-state index in [0.717, 1.165) is 30.3 Å². The molecule has 2 heterocycles. The van der Waals surface area contributed by atoms with Gasteiger partial charge in [-0.2, -0.15) is 0 Å². The molecule has 0 bridgehead atoms. The normalized spacial score (nSPS) is 18.9. The zero-order chi connectivity index (χ0) is 13.0. The summed E-state index contributed by atoms with van der Waals surface area (Å²) in [6.45, 7) is 1.42. The molecule has 4 nitrogen and oxygen atoms in total. The molecule has 1 aliphatic heterocycles. The predicted octanol–water partition coefficient (Wildman–Crippen LogP) is 2.80. The fourth-order valence-electron chi connectivity index (χ4n) is 1.90. The molecule has 18 heavy (non-hydrogen) atoms. The van der Waals surface area contributed by atoms with Crippen LogP contribution in [0.3, 0.4) is 0 Å². The third-order valence-electron chi connectivity index (χ3n) is 2.83. The molecule has 0 aromatic carbocycles. The summed E-state index contributed by atoms with van der Waals surface area (Å²) in [4.78, 5) is 15.8. The van der Waals surface area contributed by atoms with Crippen molar-refractivity contribution < 1.29 is 9.53 Å². The van der Waals surface area contributed by atoms with Gasteiger partial charge in [0.05, 0.1) is 11.7 Å². The Kier molecular flexibility index (Phi) is 4.97. The lowest BCUT2D eigenvalue weighted by Crippen LogP contribution is -2.27. The zero-order valence-electron chi connectivity index (χ0n) is 9.79. The molecular formula is C12H14BrClN2O2. The smallest absolute Gasteiger partial charge is 0.254 e. The molecule has 0 spiro atoms. The second-order valence-corrected chi connectivity index (χ2v) is 5.45. The first-order chi connectivity index (χ1) is 8.66. The number of carbonyl (C=O) groups is 1. The average Bonchev–Trinajstić information content (AvgIpc) is 2.85. The van der Waals surface area contributed by atoms with Crippen molar-refractivity contribution in [2.24, 2.45) is 0 Å². The van der Waals surface area contributed by atoms with Crippen LogP contribution < -0.4 is 5.32 Å². The molecule has 1 aromatic rings. The maximum atomic E-state index is 11.9. The molecular weight excluding hydrogens is 320 g/mol. The van der Waals surface area contributed by atoms with E-state index in [1.54, 1.807) is 12.3 Å². The fourth-order valence-corrected chi connectivity index (χ4v) is 2.42. The van der Waals surface area contributed by atoms with E-state index in [2.05, 4.69) is 26.2 Å². The second-order valence-electron chi connectivity index (χ2n) is 4.17. The van der Waals surface area contributed by atoms with Gasteiger partial charge in [-0.1, -0.05) is 11.6 Å². The molecule has 1 N–H and O–H groups in total. The van der Waals surface area contributed by atoms with Gasteiger partial charge in [-0.15, -0.1) is 0 Å². The minimum atomic E-state index is -0.202. The highest BCUT2D eigenvalue weighted by atomic mass is 79.9. The lowest BCUT2D eigenvalue weighted by Gasteiger charge is -2.10. The maximum absolute atomic E-state index is 11.9. The van der Waals surface area contributed by atoms with Crippen molar-refractivity contribution in [1.82, 2.24) is 10.3 Å². The molecule has 2 rings (SSSR count). The van der Waals surface area contributed by atoms with Gasteiger partial charge >= 0.3 is 0 Å². The molecule has 0 radical (unpaired) electrons. The summed E-state index contributed by atoms with van der Waals surface area (Å²) in [6, 6.07) is 1.66. The molecule has 1 fully saturated rings. The molecule has 1 saturated heterocycles. The first-order valence-electron chi connectivity index (χ1n) is 5.87. The lowest BCUT2D eigenvalue weighted by atomic mass is 10.2. The van der Waals surface area contributed by atoms with Gasteiger partial charge in [0.25, 0.3) is 5.91 Å². The standard InChI is InChI=1S/C12H14BrClN2O2/c13-8-6-10(11(14)16-7-8)12(17)15-4-3-9-2-1-5-18-9/h6-7,9H,1-5H2,(H,15,17). The molecule has 1 aliphatic rings. The lowest BCUT2D eigenvalue weighted by molar-refractivity contribution is 0.0907. The van der Waals surface area contributed by atoms with Crippen LogP contribution in [0.2, 0.25) is 5.15 Å². The fraction of sp³-hybridized carbons (Fsp3) is 0.500. The van der Waals surface area contributed by atoms with E-state index in [1.807, 2.05) is 0 Å². The molecule has 0 saturated carbocycles. The van der Waals surface area contributed by atoms with Crippen LogP contribution in [0, 0.1) is 0 Å². The third-order valence-corrected chi connectivity index (χ3v) is 3.56. The van der Waals surface area contributed by atoms with Crippen LogP contribution in [0.4, 0.5) is 0 Å². The first-order valence-corrected chi connectivity index (χ1v) is 7.05. The Labute approximate surface area is 119 Å². The summed E-state index contributed by atoms with van der Waals surface area (Å²) in [6.07, 6.45) is 4.87. The van der Waals surface area contributed by atoms with Crippen LogP contribution >= 0.6 is 27.5 Å². The average molecular weight is 334 g/mol. The van der Waals surface area contributed by atoms with Crippen molar-refractivity contribution in [1.29, 1.82) is 0 Å². The van der Waals surface area contributed by atoms with Gasteiger partial charge in [0.15, 0.2) is 0 Å². The Morgan fingerprint density at radius 3 is 3.22 bits per heavy atom. The number of nitrogens with one attached hydrogen (secondary N) is 1. The number of amides is 1. The number of rotatable bonds is 4. The summed E-state index contributed by atoms with van der Waals surface area (Å²) in [7, 11) is 0. The molecule has 1 amide bonds. The summed E-state index contributed by atoms with van der Waals surface area (Å²) >= 11 is 9.15. The van der Waals surface area contributed by atoms with E-state index in [9.17, 15) is 4.79 Å². The van der Waals surface area contributed by atoms with Crippen molar-refractivity contribution in [3.8, 4) is 0 Å². The highest BCUT2D eigenvalue weighted by molar-refractivity contribution is 9.10. The Balaban J connectivity index is 1.85. The van der Waals surface area contributed by atoms with Gasteiger partial charge in [-0.05, 0) is 41.3 Å². The highest BCUT2D eigenvalue weighted by Crippen LogP contribution is 2.18. The van der Waals surface area contributed by atoms with Gasteiger partial charge in [0.2, 0.25) is 0 Å². The number of halogens is 2. The Morgan fingerprint density at radius 2 is 2.50 bits per heavy atom. The van der Waals surface area contributed by atoms with Crippen LogP contribution in [-0.4, -0.2) is 30.1 Å². The SMILES string of the molecule is O=C(NCCC1CCCO1)c1cc(Br)cnc1Cl. The Bertz CT molecular complexity index is 436. The topological polar surface area (TPSA) is 51.2 Å². The van der Waals surface area contributed by atoms with Crippen molar-refractivity contribution in [3.05, 3.63) is 27.5 Å². The highest BCUT2D eigenvalue weighted by Gasteiger charge is 2.16. The second kappa shape index (κ2) is 6.50. The molecule has 1 aromatic heterocycles. The zero-order valence-corrected chi connectivity index (χ0v) is 12.1. The first kappa shape index (κ1) is 13.8. The summed E-state index contributed by atoms with van der Waals surface area (Å²) in [5.74, 6) is -0.202. The van der Waals surface area contributed by atoms with E-state index in [4.69, 9.17) is 16.3 Å². The number of hydrogen-bond acceptors (Lipinski definition) is 3. The van der Waals surface area contributed by atoms with Gasteiger partial charge < -0.3 is 10.1 Å². The summed E-state index contributed by atoms with van der Waals surface area (Å²) < 4.78 is 6.22. The number of ether oxygens (including phenoxy) is 1. The van der Waals surface area contributed by atoms with Crippen LogP contribution in [0.5, 0.6) is 0 Å². The predicted molar refractivity (Wildman–Crippen MR) is 72.9 cm³/mol. The quantitative estimate of drug-likeness (QED) is 0.862. The summed E-state index contributed by atoms with van der Waals surface area (Å²) in [5, 5.41) is 3.05. The van der Waals surface area contributed by atoms with Crippen molar-refractivity contribution in [2.45, 2.75) is 25.4 Å². The van der Waals surface area contributed by atoms with Crippen molar-refractivity contribution in [2.75, 3.05) is 13.2 Å². The number of pyridine rings is 1. The van der Waals surface area contributed by atoms with Crippen molar-refractivity contribution in [3.63, 3.8) is 0 Å². The van der Waals surface area contributed by atoms with E-state index >= 15 is 0 Å². The van der Waals surface area contributed by atoms with Gasteiger partial charge in [-0.3, -0.25) is 4.79 Å². The Hall–Kier alpha value is -0.650. The minimum Gasteiger partial charge on any atom is -0.378 e. The van der Waals surface area contributed by atoms with Gasteiger partial charge in [-0.25, -0.2) is 4.98 Å². The van der Waals surface area contributed by atoms with Crippen molar-refractivity contribution >= 4 is 33.4 Å². The molecule has 1 unspecified atom stereocenters. The molecule has 1 atom stereocenters. The van der Waals surface area contributed by atoms with E-state index in [0.29, 0.717) is 12.1 Å². The van der Waals surface area contributed by atoms with E-state index in [-0.39, 0.29) is 17.2 Å². The Morgan fingerprint density at radius 1 is 1.67 bits per heavy atom. The van der Waals surface area contributed by atoms with Crippen LogP contribution in [0.25, 0.3) is 0 Å². The van der Waals surface area contributed by atoms with E-state index < -0.39 is 0 Å². The summed E-state index contributed by atoms with van der Waals surface area (Å²) in [5.41, 5.74) is 0.387. The van der Waals surface area contributed by atoms with E-state index in [1.165, 1.54) is 0 Å². The van der Waals surface area contributed by atoms with Gasteiger partial charge in [0, 0.05) is 23.8 Å².